The van der Waals surface area contributed by atoms with Crippen molar-refractivity contribution in [1.82, 2.24) is 9.80 Å². The van der Waals surface area contributed by atoms with Crippen LogP contribution < -0.4 is 0 Å². The Bertz CT molecular complexity index is 411. The predicted octanol–water partition coefficient (Wildman–Crippen LogP) is -0.274. The smallest absolute Gasteiger partial charge is 0.236 e. The molecule has 0 radical (unpaired) electrons. The summed E-state index contributed by atoms with van der Waals surface area (Å²) >= 11 is 0. The van der Waals surface area contributed by atoms with E-state index in [1.165, 1.54) is 0 Å². The van der Waals surface area contributed by atoms with E-state index in [0.29, 0.717) is 13.0 Å². The Morgan fingerprint density at radius 2 is 1.95 bits per heavy atom. The summed E-state index contributed by atoms with van der Waals surface area (Å²) in [5.74, 6) is 0.249. The second-order valence-corrected chi connectivity index (χ2v) is 7.81. The molecule has 0 saturated carbocycles. The SMILES string of the molecule is CN(CCCCCO)CC(=O)N(C)C1CCS(=O)(=O)C1. The van der Waals surface area contributed by atoms with Gasteiger partial charge in [0.2, 0.25) is 5.91 Å². The summed E-state index contributed by atoms with van der Waals surface area (Å²) in [7, 11) is 0.619. The van der Waals surface area contributed by atoms with Crippen molar-refractivity contribution >= 4 is 15.7 Å². The van der Waals surface area contributed by atoms with Crippen molar-refractivity contribution in [2.45, 2.75) is 31.7 Å². The van der Waals surface area contributed by atoms with Gasteiger partial charge in [-0.25, -0.2) is 8.42 Å². The number of amides is 1. The summed E-state index contributed by atoms with van der Waals surface area (Å²) in [5.41, 5.74) is 0. The van der Waals surface area contributed by atoms with E-state index in [2.05, 4.69) is 0 Å². The number of carbonyl (C=O) groups is 1. The topological polar surface area (TPSA) is 77.9 Å². The molecule has 0 aromatic rings. The number of hydrogen-bond donors (Lipinski definition) is 1. The summed E-state index contributed by atoms with van der Waals surface area (Å²) in [4.78, 5) is 15.6. The molecule has 1 rings (SSSR count). The van der Waals surface area contributed by atoms with Crippen LogP contribution in [-0.4, -0.2) is 80.6 Å². The number of aliphatic hydroxyl groups is 1. The molecule has 1 amide bonds. The molecular weight excluding hydrogens is 280 g/mol. The molecule has 1 saturated heterocycles. The van der Waals surface area contributed by atoms with Gasteiger partial charge in [-0.1, -0.05) is 0 Å². The number of likely N-dealkylation sites (N-methyl/N-ethyl adjacent to an activating group) is 2. The number of nitrogens with zero attached hydrogens (tertiary/aromatic N) is 2. The van der Waals surface area contributed by atoms with Crippen molar-refractivity contribution in [3.05, 3.63) is 0 Å². The minimum absolute atomic E-state index is 0.0308. The molecule has 1 fully saturated rings. The van der Waals surface area contributed by atoms with Crippen LogP contribution in [0.1, 0.15) is 25.7 Å². The average molecular weight is 306 g/mol. The van der Waals surface area contributed by atoms with Crippen LogP contribution >= 0.6 is 0 Å². The highest BCUT2D eigenvalue weighted by molar-refractivity contribution is 7.91. The Labute approximate surface area is 121 Å². The number of unbranched alkanes of at least 4 members (excludes halogenated alkanes) is 2. The van der Waals surface area contributed by atoms with Gasteiger partial charge in [-0.15, -0.1) is 0 Å². The standard InChI is InChI=1S/C13H26N2O4S/c1-14(7-4-3-5-8-16)10-13(17)15(2)12-6-9-20(18,19)11-12/h12,16H,3-11H2,1-2H3. The maximum atomic E-state index is 12.1. The lowest BCUT2D eigenvalue weighted by Crippen LogP contribution is -2.43. The molecule has 1 N–H and O–H groups in total. The Balaban J connectivity index is 2.31. The number of aliphatic hydroxyl groups excluding tert-OH is 1. The molecule has 20 heavy (non-hydrogen) atoms. The molecule has 1 atom stereocenters. The second kappa shape index (κ2) is 7.95. The molecule has 0 aromatic heterocycles. The lowest BCUT2D eigenvalue weighted by Gasteiger charge is -2.26. The van der Waals surface area contributed by atoms with Crippen molar-refractivity contribution in [2.24, 2.45) is 0 Å². The van der Waals surface area contributed by atoms with E-state index < -0.39 is 9.84 Å². The first-order chi connectivity index (χ1) is 9.35. The Morgan fingerprint density at radius 3 is 2.50 bits per heavy atom. The number of hydrogen-bond acceptors (Lipinski definition) is 5. The fraction of sp³-hybridized carbons (Fsp3) is 0.923. The van der Waals surface area contributed by atoms with Crippen LogP contribution in [0.4, 0.5) is 0 Å². The van der Waals surface area contributed by atoms with Crippen LogP contribution in [0.15, 0.2) is 0 Å². The molecule has 7 heteroatoms. The average Bonchev–Trinajstić information content (AvgIpc) is 2.74. The molecule has 6 nitrogen and oxygen atoms in total. The van der Waals surface area contributed by atoms with E-state index in [-0.39, 0.29) is 30.1 Å². The van der Waals surface area contributed by atoms with Gasteiger partial charge in [0, 0.05) is 19.7 Å². The normalized spacial score (nSPS) is 21.3. The van der Waals surface area contributed by atoms with Crippen molar-refractivity contribution in [2.75, 3.05) is 45.3 Å². The largest absolute Gasteiger partial charge is 0.396 e. The van der Waals surface area contributed by atoms with E-state index >= 15 is 0 Å². The van der Waals surface area contributed by atoms with Gasteiger partial charge >= 0.3 is 0 Å². The first kappa shape index (κ1) is 17.4. The van der Waals surface area contributed by atoms with Crippen LogP contribution in [0, 0.1) is 0 Å². The fourth-order valence-corrected chi connectivity index (χ4v) is 4.15. The minimum atomic E-state index is -2.95. The minimum Gasteiger partial charge on any atom is -0.396 e. The highest BCUT2D eigenvalue weighted by Gasteiger charge is 2.32. The highest BCUT2D eigenvalue weighted by atomic mass is 32.2. The maximum absolute atomic E-state index is 12.1. The third kappa shape index (κ3) is 5.76. The van der Waals surface area contributed by atoms with Crippen LogP contribution in [0.5, 0.6) is 0 Å². The Hall–Kier alpha value is -0.660. The van der Waals surface area contributed by atoms with Crippen LogP contribution in [0.25, 0.3) is 0 Å². The summed E-state index contributed by atoms with van der Waals surface area (Å²) in [5, 5.41) is 8.69. The van der Waals surface area contributed by atoms with Crippen LogP contribution in [-0.2, 0) is 14.6 Å². The van der Waals surface area contributed by atoms with Gasteiger partial charge in [-0.05, 0) is 39.3 Å². The van der Waals surface area contributed by atoms with Gasteiger partial charge in [-0.2, -0.15) is 0 Å². The molecule has 1 aliphatic heterocycles. The molecule has 0 aliphatic carbocycles. The van der Waals surface area contributed by atoms with Gasteiger partial charge in [0.25, 0.3) is 0 Å². The third-order valence-electron chi connectivity index (χ3n) is 3.75. The number of sulfone groups is 1. The summed E-state index contributed by atoms with van der Waals surface area (Å²) in [6.07, 6.45) is 3.24. The van der Waals surface area contributed by atoms with Crippen molar-refractivity contribution < 1.29 is 18.3 Å². The number of carbonyl (C=O) groups excluding carboxylic acids is 1. The maximum Gasteiger partial charge on any atom is 0.236 e. The van der Waals surface area contributed by atoms with Gasteiger partial charge in [0.15, 0.2) is 9.84 Å². The summed E-state index contributed by atoms with van der Waals surface area (Å²) < 4.78 is 22.8. The molecule has 1 heterocycles. The van der Waals surface area contributed by atoms with E-state index in [4.69, 9.17) is 5.11 Å². The zero-order valence-electron chi connectivity index (χ0n) is 12.4. The molecule has 1 aliphatic rings. The Kier molecular flexibility index (Phi) is 6.91. The molecule has 118 valence electrons. The molecule has 0 spiro atoms. The quantitative estimate of drug-likeness (QED) is 0.624. The summed E-state index contributed by atoms with van der Waals surface area (Å²) in [6, 6.07) is -0.171. The van der Waals surface area contributed by atoms with Crippen LogP contribution in [0.2, 0.25) is 0 Å². The van der Waals surface area contributed by atoms with E-state index in [1.54, 1.807) is 11.9 Å². The van der Waals surface area contributed by atoms with Crippen molar-refractivity contribution in [3.63, 3.8) is 0 Å². The Morgan fingerprint density at radius 1 is 1.25 bits per heavy atom. The lowest BCUT2D eigenvalue weighted by atomic mass is 10.2. The zero-order valence-corrected chi connectivity index (χ0v) is 13.2. The van der Waals surface area contributed by atoms with Crippen LogP contribution in [0.3, 0.4) is 0 Å². The molecule has 0 aromatic carbocycles. The predicted molar refractivity (Wildman–Crippen MR) is 78.3 cm³/mol. The van der Waals surface area contributed by atoms with E-state index in [9.17, 15) is 13.2 Å². The number of rotatable bonds is 8. The van der Waals surface area contributed by atoms with E-state index in [0.717, 1.165) is 25.8 Å². The summed E-state index contributed by atoms with van der Waals surface area (Å²) in [6.45, 7) is 1.33. The highest BCUT2D eigenvalue weighted by Crippen LogP contribution is 2.16. The second-order valence-electron chi connectivity index (χ2n) is 5.58. The molecule has 0 bridgehead atoms. The van der Waals surface area contributed by atoms with E-state index in [1.807, 2.05) is 11.9 Å². The molecule has 1 unspecified atom stereocenters. The first-order valence-electron chi connectivity index (χ1n) is 7.11. The lowest BCUT2D eigenvalue weighted by molar-refractivity contribution is -0.132. The third-order valence-corrected chi connectivity index (χ3v) is 5.50. The zero-order chi connectivity index (χ0) is 15.2. The fourth-order valence-electron chi connectivity index (χ4n) is 2.38. The van der Waals surface area contributed by atoms with Gasteiger partial charge in [0.05, 0.1) is 18.1 Å². The van der Waals surface area contributed by atoms with Gasteiger partial charge in [0.1, 0.15) is 0 Å². The first-order valence-corrected chi connectivity index (χ1v) is 8.93. The van der Waals surface area contributed by atoms with Gasteiger partial charge in [-0.3, -0.25) is 9.69 Å². The van der Waals surface area contributed by atoms with Crippen molar-refractivity contribution in [3.8, 4) is 0 Å². The molecular formula is C13H26N2O4S. The van der Waals surface area contributed by atoms with Crippen molar-refractivity contribution in [1.29, 1.82) is 0 Å². The monoisotopic (exact) mass is 306 g/mol. The van der Waals surface area contributed by atoms with Gasteiger partial charge < -0.3 is 10.0 Å².